The van der Waals surface area contributed by atoms with Crippen LogP contribution in [0.5, 0.6) is 11.5 Å². The van der Waals surface area contributed by atoms with Gasteiger partial charge in [-0.25, -0.2) is 0 Å². The molecule has 0 amide bonds. The van der Waals surface area contributed by atoms with Crippen molar-refractivity contribution in [2.24, 2.45) is 0 Å². The first-order valence-corrected chi connectivity index (χ1v) is 10.5. The fraction of sp³-hybridized carbons (Fsp3) is 0.360. The van der Waals surface area contributed by atoms with Gasteiger partial charge < -0.3 is 14.5 Å². The molecule has 1 saturated carbocycles. The zero-order valence-corrected chi connectivity index (χ0v) is 18.0. The van der Waals surface area contributed by atoms with Crippen LogP contribution in [0.15, 0.2) is 36.4 Å². The molecule has 1 aliphatic heterocycles. The van der Waals surface area contributed by atoms with Crippen molar-refractivity contribution in [3.05, 3.63) is 58.8 Å². The van der Waals surface area contributed by atoms with E-state index in [0.717, 1.165) is 16.6 Å². The molecule has 166 valence electrons. The van der Waals surface area contributed by atoms with E-state index in [1.165, 1.54) is 12.1 Å². The van der Waals surface area contributed by atoms with E-state index in [1.807, 2.05) is 18.2 Å². The predicted octanol–water partition coefficient (Wildman–Crippen LogP) is 5.75. The van der Waals surface area contributed by atoms with E-state index in [4.69, 9.17) is 0 Å². The number of hydrogen-bond donors (Lipinski definition) is 1. The van der Waals surface area contributed by atoms with Crippen molar-refractivity contribution in [3.63, 3.8) is 0 Å². The second-order valence-corrected chi connectivity index (χ2v) is 9.62. The van der Waals surface area contributed by atoms with Crippen LogP contribution in [0.25, 0.3) is 10.9 Å². The van der Waals surface area contributed by atoms with E-state index < -0.39 is 11.7 Å². The molecule has 0 saturated heterocycles. The number of alkyl halides is 2. The third-order valence-corrected chi connectivity index (χ3v) is 6.40. The van der Waals surface area contributed by atoms with Gasteiger partial charge in [0.1, 0.15) is 11.9 Å². The van der Waals surface area contributed by atoms with Crippen molar-refractivity contribution < 1.29 is 24.5 Å². The highest BCUT2D eigenvalue weighted by Gasteiger charge is 2.52. The number of carbonyl (C=O) groups is 1. The topological polar surface area (TPSA) is 75.1 Å². The summed E-state index contributed by atoms with van der Waals surface area (Å²) in [5.74, 6) is -0.139. The monoisotopic (exact) mass is 438 g/mol. The molecule has 1 aromatic heterocycles. The van der Waals surface area contributed by atoms with E-state index in [-0.39, 0.29) is 30.5 Å². The van der Waals surface area contributed by atoms with E-state index in [1.54, 1.807) is 6.07 Å². The number of nitriles is 1. The Hall–Kier alpha value is -3.40. The average Bonchev–Trinajstić information content (AvgIpc) is 3.29. The van der Waals surface area contributed by atoms with Gasteiger partial charge in [-0.1, -0.05) is 32.9 Å². The lowest BCUT2D eigenvalue weighted by molar-refractivity contribution is -0.286. The van der Waals surface area contributed by atoms with Gasteiger partial charge in [-0.15, -0.1) is 8.78 Å². The van der Waals surface area contributed by atoms with Crippen LogP contribution in [0.1, 0.15) is 57.4 Å². The number of carbonyl (C=O) groups excluding carboxylic acids is 1. The van der Waals surface area contributed by atoms with Crippen molar-refractivity contribution in [2.45, 2.75) is 57.2 Å². The molecular weight excluding hydrogens is 414 g/mol. The van der Waals surface area contributed by atoms with Crippen molar-refractivity contribution in [1.29, 1.82) is 5.26 Å². The molecule has 3 aromatic rings. The number of rotatable bonds is 4. The standard InChI is InChI=1S/C25H22F2N2O3.H2/c1-23(2,3)21-12-16-17(13-28)14(4-6-18(16)29-21)10-22(30)24(8-9-24)15-5-7-19-20(11-15)32-25(26,27)31-19;/h4-7,11-12,29H,8-10H2,1-3H3;1H. The third kappa shape index (κ3) is 3.22. The molecular formula is C25H24F2N2O3. The SMILES string of the molecule is CC(C)(C)c1cc2c(C#N)c(CC(=O)C3(c4ccc5c(c4)OC(F)(F)O5)CC3)ccc2[nH]1.[HH]. The highest BCUT2D eigenvalue weighted by molar-refractivity contribution is 5.97. The smallest absolute Gasteiger partial charge is 0.395 e. The summed E-state index contributed by atoms with van der Waals surface area (Å²) in [6.45, 7) is 6.27. The Labute approximate surface area is 185 Å². The second kappa shape index (κ2) is 6.55. The predicted molar refractivity (Wildman–Crippen MR) is 116 cm³/mol. The number of H-pyrrole nitrogens is 1. The maximum atomic E-state index is 13.4. The Morgan fingerprint density at radius 2 is 1.88 bits per heavy atom. The van der Waals surface area contributed by atoms with Crippen LogP contribution in [0, 0.1) is 11.3 Å². The fourth-order valence-corrected chi connectivity index (χ4v) is 4.37. The lowest BCUT2D eigenvalue weighted by atomic mass is 9.86. The number of fused-ring (bicyclic) bond motifs is 2. The first-order valence-electron chi connectivity index (χ1n) is 10.5. The minimum atomic E-state index is -3.69. The molecule has 1 N–H and O–H groups in total. The Morgan fingerprint density at radius 1 is 1.16 bits per heavy atom. The van der Waals surface area contributed by atoms with Gasteiger partial charge >= 0.3 is 6.29 Å². The van der Waals surface area contributed by atoms with Crippen LogP contribution < -0.4 is 9.47 Å². The molecule has 0 unspecified atom stereocenters. The van der Waals surface area contributed by atoms with Gasteiger partial charge in [0.25, 0.3) is 0 Å². The molecule has 2 aliphatic rings. The van der Waals surface area contributed by atoms with Gasteiger partial charge in [0.05, 0.1) is 11.0 Å². The van der Waals surface area contributed by atoms with Crippen LogP contribution >= 0.6 is 0 Å². The van der Waals surface area contributed by atoms with Crippen molar-refractivity contribution in [3.8, 4) is 17.6 Å². The van der Waals surface area contributed by atoms with Crippen LogP contribution in [-0.2, 0) is 22.0 Å². The van der Waals surface area contributed by atoms with Crippen LogP contribution in [0.4, 0.5) is 8.78 Å². The van der Waals surface area contributed by atoms with Crippen LogP contribution in [0.2, 0.25) is 0 Å². The minimum absolute atomic E-state index is 0. The van der Waals surface area contributed by atoms with Gasteiger partial charge in [-0.3, -0.25) is 4.79 Å². The molecule has 5 rings (SSSR count). The number of Topliss-reactive ketones (excluding diaryl/α,β-unsaturated/α-hetero) is 1. The van der Waals surface area contributed by atoms with Crippen LogP contribution in [-0.4, -0.2) is 17.1 Å². The molecule has 7 heteroatoms. The normalized spacial score (nSPS) is 17.9. The lowest BCUT2D eigenvalue weighted by Crippen LogP contribution is -2.26. The number of nitrogens with one attached hydrogen (secondary N) is 1. The summed E-state index contributed by atoms with van der Waals surface area (Å²) < 4.78 is 35.8. The summed E-state index contributed by atoms with van der Waals surface area (Å²) >= 11 is 0. The highest BCUT2D eigenvalue weighted by Crippen LogP contribution is 2.52. The van der Waals surface area contributed by atoms with Gasteiger partial charge in [-0.2, -0.15) is 5.26 Å². The molecule has 0 atom stereocenters. The Morgan fingerprint density at radius 3 is 2.53 bits per heavy atom. The van der Waals surface area contributed by atoms with Gasteiger partial charge in [0.2, 0.25) is 0 Å². The number of hydrogen-bond acceptors (Lipinski definition) is 4. The molecule has 2 heterocycles. The van der Waals surface area contributed by atoms with E-state index in [2.05, 4.69) is 41.3 Å². The summed E-state index contributed by atoms with van der Waals surface area (Å²) in [6, 6.07) is 12.5. The zero-order chi connectivity index (χ0) is 22.9. The minimum Gasteiger partial charge on any atom is -0.395 e. The summed E-state index contributed by atoms with van der Waals surface area (Å²) in [5, 5.41) is 10.7. The quantitative estimate of drug-likeness (QED) is 0.563. The Kier molecular flexibility index (Phi) is 4.20. The first kappa shape index (κ1) is 20.5. The molecule has 5 nitrogen and oxygen atoms in total. The van der Waals surface area contributed by atoms with E-state index in [9.17, 15) is 18.8 Å². The number of benzene rings is 2. The summed E-state index contributed by atoms with van der Waals surface area (Å²) in [4.78, 5) is 16.7. The number of aromatic nitrogens is 1. The molecule has 2 aromatic carbocycles. The number of nitrogens with zero attached hydrogens (tertiary/aromatic N) is 1. The van der Waals surface area contributed by atoms with Gasteiger partial charge in [-0.05, 0) is 48.2 Å². The van der Waals surface area contributed by atoms with Gasteiger partial charge in [0, 0.05) is 29.9 Å². The summed E-state index contributed by atoms with van der Waals surface area (Å²) in [7, 11) is 0. The molecule has 0 spiro atoms. The summed E-state index contributed by atoms with van der Waals surface area (Å²) in [6.07, 6.45) is -2.34. The van der Waals surface area contributed by atoms with Crippen molar-refractivity contribution >= 4 is 16.7 Å². The Bertz CT molecular complexity index is 1310. The fourth-order valence-electron chi connectivity index (χ4n) is 4.37. The third-order valence-electron chi connectivity index (χ3n) is 6.40. The molecule has 0 radical (unpaired) electrons. The maximum absolute atomic E-state index is 13.4. The molecule has 1 aliphatic carbocycles. The lowest BCUT2D eigenvalue weighted by Gasteiger charge is -2.16. The maximum Gasteiger partial charge on any atom is 0.586 e. The Balaban J connectivity index is 0.00000259. The largest absolute Gasteiger partial charge is 0.586 e. The molecule has 1 fully saturated rings. The van der Waals surface area contributed by atoms with Crippen molar-refractivity contribution in [2.75, 3.05) is 0 Å². The molecule has 32 heavy (non-hydrogen) atoms. The number of aromatic amines is 1. The first-order chi connectivity index (χ1) is 15.0. The second-order valence-electron chi connectivity index (χ2n) is 9.62. The van der Waals surface area contributed by atoms with Crippen molar-refractivity contribution in [1.82, 2.24) is 4.98 Å². The van der Waals surface area contributed by atoms with E-state index in [0.29, 0.717) is 29.5 Å². The number of ether oxygens (including phenoxy) is 2. The zero-order valence-electron chi connectivity index (χ0n) is 18.0. The number of halogens is 2. The van der Waals surface area contributed by atoms with Crippen LogP contribution in [0.3, 0.4) is 0 Å². The van der Waals surface area contributed by atoms with Gasteiger partial charge in [0.15, 0.2) is 11.5 Å². The average molecular weight is 438 g/mol. The molecule has 0 bridgehead atoms. The highest BCUT2D eigenvalue weighted by atomic mass is 19.3. The summed E-state index contributed by atoms with van der Waals surface area (Å²) in [5.41, 5.74) is 2.83. The number of ketones is 1. The van der Waals surface area contributed by atoms with E-state index >= 15 is 0 Å².